The monoisotopic (exact) mass is 477 g/mol. The summed E-state index contributed by atoms with van der Waals surface area (Å²) < 4.78 is 5.98. The van der Waals surface area contributed by atoms with Crippen molar-refractivity contribution in [1.82, 2.24) is 0 Å². The minimum atomic E-state index is -0.783. The fraction of sp³-hybridized carbons (Fsp3) is 0.517. The molecule has 0 amide bonds. The van der Waals surface area contributed by atoms with Crippen molar-refractivity contribution >= 4 is 23.4 Å². The molecule has 2 N–H and O–H groups in total. The van der Waals surface area contributed by atoms with Crippen molar-refractivity contribution in [3.05, 3.63) is 59.7 Å². The number of carboxylic acid groups (broad SMARTS) is 1. The molecule has 2 aromatic rings. The third-order valence-corrected chi connectivity index (χ3v) is 7.03. The molecular formula is C29H39N3O3. The van der Waals surface area contributed by atoms with Gasteiger partial charge in [0.2, 0.25) is 0 Å². The van der Waals surface area contributed by atoms with Crippen LogP contribution in [0.1, 0.15) is 82.4 Å². The number of hydrogen-bond donors (Lipinski definition) is 2. The SMILES string of the molecule is CC(C)CN(c1ccc(C(C)CC(=O)O)cc1NC1=N[C@@H](c2ccccc2)CO1)C1CCCCC1. The smallest absolute Gasteiger partial charge is 0.303 e. The predicted molar refractivity (Wildman–Crippen MR) is 142 cm³/mol. The molecule has 0 spiro atoms. The van der Waals surface area contributed by atoms with Crippen LogP contribution in [0.2, 0.25) is 0 Å². The number of aliphatic imine (C=N–C) groups is 1. The maximum Gasteiger partial charge on any atom is 0.303 e. The van der Waals surface area contributed by atoms with Gasteiger partial charge in [0.25, 0.3) is 6.02 Å². The lowest BCUT2D eigenvalue weighted by molar-refractivity contribution is -0.137. The van der Waals surface area contributed by atoms with Gasteiger partial charge in [0.1, 0.15) is 12.6 Å². The van der Waals surface area contributed by atoms with E-state index in [1.54, 1.807) is 0 Å². The van der Waals surface area contributed by atoms with Gasteiger partial charge in [0.05, 0.1) is 17.8 Å². The van der Waals surface area contributed by atoms with E-state index in [-0.39, 0.29) is 18.4 Å². The second-order valence-electron chi connectivity index (χ2n) is 10.4. The van der Waals surface area contributed by atoms with Gasteiger partial charge in [-0.2, -0.15) is 0 Å². The first-order valence-electron chi connectivity index (χ1n) is 13.1. The van der Waals surface area contributed by atoms with Gasteiger partial charge < -0.3 is 20.1 Å². The Morgan fingerprint density at radius 2 is 1.86 bits per heavy atom. The summed E-state index contributed by atoms with van der Waals surface area (Å²) in [7, 11) is 0. The Bertz CT molecular complexity index is 1020. The van der Waals surface area contributed by atoms with E-state index in [2.05, 4.69) is 54.4 Å². The number of aliphatic carboxylic acids is 1. The molecule has 1 aliphatic heterocycles. The minimum Gasteiger partial charge on any atom is -0.481 e. The van der Waals surface area contributed by atoms with Crippen LogP contribution in [0.4, 0.5) is 11.4 Å². The average molecular weight is 478 g/mol. The topological polar surface area (TPSA) is 74.2 Å². The number of carbonyl (C=O) groups is 1. The highest BCUT2D eigenvalue weighted by Crippen LogP contribution is 2.36. The van der Waals surface area contributed by atoms with Crippen molar-refractivity contribution < 1.29 is 14.6 Å². The molecular weight excluding hydrogens is 438 g/mol. The van der Waals surface area contributed by atoms with E-state index in [1.807, 2.05) is 25.1 Å². The van der Waals surface area contributed by atoms with E-state index in [9.17, 15) is 9.90 Å². The zero-order valence-corrected chi connectivity index (χ0v) is 21.2. The van der Waals surface area contributed by atoms with Gasteiger partial charge in [-0.3, -0.25) is 4.79 Å². The maximum absolute atomic E-state index is 11.4. The molecule has 0 radical (unpaired) electrons. The Kier molecular flexibility index (Phi) is 8.32. The molecule has 0 aromatic heterocycles. The number of ether oxygens (including phenoxy) is 1. The molecule has 0 saturated heterocycles. The number of anilines is 2. The van der Waals surface area contributed by atoms with Crippen molar-refractivity contribution in [2.45, 2.75) is 77.3 Å². The lowest BCUT2D eigenvalue weighted by Gasteiger charge is -2.38. The Hall–Kier alpha value is -3.02. The number of rotatable bonds is 9. The molecule has 1 aliphatic carbocycles. The summed E-state index contributed by atoms with van der Waals surface area (Å²) in [6.07, 6.45) is 6.36. The minimum absolute atomic E-state index is 0.0265. The molecule has 4 rings (SSSR count). The number of nitrogens with one attached hydrogen (secondary N) is 1. The molecule has 1 fully saturated rings. The summed E-state index contributed by atoms with van der Waals surface area (Å²) in [5.74, 6) is -0.342. The largest absolute Gasteiger partial charge is 0.481 e. The van der Waals surface area contributed by atoms with E-state index in [0.717, 1.165) is 29.0 Å². The van der Waals surface area contributed by atoms with Crippen LogP contribution in [0.15, 0.2) is 53.5 Å². The standard InChI is InChI=1S/C29H39N3O3/c1-20(2)18-32(24-12-8-5-9-13-24)27-15-14-23(21(3)16-28(33)34)17-25(27)30-29-31-26(19-35-29)22-10-6-4-7-11-22/h4,6-7,10-11,14-15,17,20-21,24,26H,5,8-9,12-13,16,18-19H2,1-3H3,(H,30,31)(H,33,34)/t21?,26-/m1/s1. The second kappa shape index (κ2) is 11.6. The van der Waals surface area contributed by atoms with Gasteiger partial charge in [-0.25, -0.2) is 4.99 Å². The van der Waals surface area contributed by atoms with E-state index in [0.29, 0.717) is 24.6 Å². The lowest BCUT2D eigenvalue weighted by atomic mass is 9.92. The Balaban J connectivity index is 1.67. The van der Waals surface area contributed by atoms with Crippen LogP contribution >= 0.6 is 0 Å². The van der Waals surface area contributed by atoms with Crippen molar-refractivity contribution in [2.75, 3.05) is 23.4 Å². The fourth-order valence-corrected chi connectivity index (χ4v) is 5.22. The van der Waals surface area contributed by atoms with Crippen molar-refractivity contribution in [2.24, 2.45) is 10.9 Å². The van der Waals surface area contributed by atoms with Gasteiger partial charge in [-0.1, -0.05) is 76.4 Å². The first kappa shape index (κ1) is 25.1. The summed E-state index contributed by atoms with van der Waals surface area (Å²) in [4.78, 5) is 18.7. The van der Waals surface area contributed by atoms with Crippen molar-refractivity contribution in [3.63, 3.8) is 0 Å². The molecule has 1 unspecified atom stereocenters. The summed E-state index contributed by atoms with van der Waals surface area (Å²) in [6.45, 7) is 7.98. The number of nitrogens with zero attached hydrogens (tertiary/aromatic N) is 2. The summed E-state index contributed by atoms with van der Waals surface area (Å²) in [5, 5.41) is 12.8. The third kappa shape index (κ3) is 6.56. The predicted octanol–water partition coefficient (Wildman–Crippen LogP) is 6.60. The van der Waals surface area contributed by atoms with Crippen LogP contribution in [-0.4, -0.2) is 36.3 Å². The second-order valence-corrected chi connectivity index (χ2v) is 10.4. The van der Waals surface area contributed by atoms with Gasteiger partial charge in [0, 0.05) is 12.6 Å². The van der Waals surface area contributed by atoms with Gasteiger partial charge in [-0.05, 0) is 47.9 Å². The molecule has 1 saturated carbocycles. The molecule has 6 nitrogen and oxygen atoms in total. The number of hydrogen-bond acceptors (Lipinski definition) is 5. The molecule has 2 aromatic carbocycles. The maximum atomic E-state index is 11.4. The lowest BCUT2D eigenvalue weighted by Crippen LogP contribution is -2.40. The van der Waals surface area contributed by atoms with E-state index >= 15 is 0 Å². The van der Waals surface area contributed by atoms with Crippen molar-refractivity contribution in [3.8, 4) is 0 Å². The van der Waals surface area contributed by atoms with Crippen molar-refractivity contribution in [1.29, 1.82) is 0 Å². The molecule has 0 bridgehead atoms. The van der Waals surface area contributed by atoms with E-state index < -0.39 is 5.97 Å². The number of benzene rings is 2. The van der Waals surface area contributed by atoms with E-state index in [1.165, 1.54) is 32.1 Å². The fourth-order valence-electron chi connectivity index (χ4n) is 5.22. The first-order valence-corrected chi connectivity index (χ1v) is 13.1. The first-order chi connectivity index (χ1) is 16.9. The highest BCUT2D eigenvalue weighted by molar-refractivity contribution is 5.94. The zero-order valence-electron chi connectivity index (χ0n) is 21.2. The summed E-state index contributed by atoms with van der Waals surface area (Å²) in [5.41, 5.74) is 4.23. The van der Waals surface area contributed by atoms with Crippen LogP contribution in [0.25, 0.3) is 0 Å². The molecule has 35 heavy (non-hydrogen) atoms. The van der Waals surface area contributed by atoms with E-state index in [4.69, 9.17) is 9.73 Å². The Labute approximate surface area is 209 Å². The Morgan fingerprint density at radius 1 is 1.11 bits per heavy atom. The average Bonchev–Trinajstić information content (AvgIpc) is 3.32. The quantitative estimate of drug-likeness (QED) is 0.426. The zero-order chi connectivity index (χ0) is 24.8. The van der Waals surface area contributed by atoms with Crippen LogP contribution < -0.4 is 10.2 Å². The highest BCUT2D eigenvalue weighted by atomic mass is 16.5. The van der Waals surface area contributed by atoms with Gasteiger partial charge in [0.15, 0.2) is 0 Å². The van der Waals surface area contributed by atoms with Crippen LogP contribution in [-0.2, 0) is 9.53 Å². The normalized spacial score (nSPS) is 19.2. The summed E-state index contributed by atoms with van der Waals surface area (Å²) in [6, 6.07) is 17.6. The molecule has 1 heterocycles. The highest BCUT2D eigenvalue weighted by Gasteiger charge is 2.27. The molecule has 6 heteroatoms. The summed E-state index contributed by atoms with van der Waals surface area (Å²) >= 11 is 0. The Morgan fingerprint density at radius 3 is 2.54 bits per heavy atom. The number of amidine groups is 1. The molecule has 2 aliphatic rings. The molecule has 188 valence electrons. The van der Waals surface area contributed by atoms with Crippen LogP contribution in [0.3, 0.4) is 0 Å². The molecule has 2 atom stereocenters. The van der Waals surface area contributed by atoms with Gasteiger partial charge in [-0.15, -0.1) is 0 Å². The number of carboxylic acids is 1. The van der Waals surface area contributed by atoms with Crippen LogP contribution in [0, 0.1) is 5.92 Å². The third-order valence-electron chi connectivity index (χ3n) is 7.03. The van der Waals surface area contributed by atoms with Crippen LogP contribution in [0.5, 0.6) is 0 Å². The van der Waals surface area contributed by atoms with Gasteiger partial charge >= 0.3 is 5.97 Å².